The standard InChI is InChI=1S/C21H22N2O4S/c1-2-26-21(25)14-8-10-15(11-9-14)27-13-19(24)23-20-17(12-22)16-6-4-3-5-7-18(16)28-20/h8-11H,2-7,13H2,1H3,(H,23,24). The van der Waals surface area contributed by atoms with Crippen molar-refractivity contribution in [3.05, 3.63) is 45.8 Å². The monoisotopic (exact) mass is 398 g/mol. The summed E-state index contributed by atoms with van der Waals surface area (Å²) in [5, 5.41) is 12.9. The normalized spacial score (nSPS) is 13.0. The number of ether oxygens (including phenoxy) is 2. The number of nitrogens with zero attached hydrogens (tertiary/aromatic N) is 1. The van der Waals surface area contributed by atoms with E-state index in [4.69, 9.17) is 9.47 Å². The first-order valence-corrected chi connectivity index (χ1v) is 10.2. The van der Waals surface area contributed by atoms with Crippen molar-refractivity contribution in [1.82, 2.24) is 0 Å². The maximum atomic E-state index is 12.3. The van der Waals surface area contributed by atoms with Crippen molar-refractivity contribution >= 4 is 28.2 Å². The zero-order valence-corrected chi connectivity index (χ0v) is 16.6. The summed E-state index contributed by atoms with van der Waals surface area (Å²) in [6.45, 7) is 1.89. The summed E-state index contributed by atoms with van der Waals surface area (Å²) in [6.07, 6.45) is 5.24. The number of fused-ring (bicyclic) bond motifs is 1. The van der Waals surface area contributed by atoms with Crippen molar-refractivity contribution in [1.29, 1.82) is 5.26 Å². The van der Waals surface area contributed by atoms with Gasteiger partial charge in [-0.1, -0.05) is 6.42 Å². The molecule has 7 heteroatoms. The van der Waals surface area contributed by atoms with Crippen molar-refractivity contribution in [2.24, 2.45) is 0 Å². The predicted octanol–water partition coefficient (Wildman–Crippen LogP) is 4.08. The second kappa shape index (κ2) is 9.38. The van der Waals surface area contributed by atoms with E-state index >= 15 is 0 Å². The third kappa shape index (κ3) is 4.70. The molecule has 6 nitrogen and oxygen atoms in total. The van der Waals surface area contributed by atoms with Crippen LogP contribution in [-0.2, 0) is 22.4 Å². The van der Waals surface area contributed by atoms with Crippen LogP contribution in [0.25, 0.3) is 0 Å². The fourth-order valence-electron chi connectivity index (χ4n) is 3.16. The Balaban J connectivity index is 1.59. The Morgan fingerprint density at radius 2 is 1.93 bits per heavy atom. The molecule has 146 valence electrons. The number of benzene rings is 1. The quantitative estimate of drug-likeness (QED) is 0.585. The zero-order chi connectivity index (χ0) is 19.9. The molecule has 2 aromatic rings. The predicted molar refractivity (Wildman–Crippen MR) is 107 cm³/mol. The maximum Gasteiger partial charge on any atom is 0.338 e. The van der Waals surface area contributed by atoms with Crippen LogP contribution >= 0.6 is 11.3 Å². The van der Waals surface area contributed by atoms with Crippen molar-refractivity contribution in [3.63, 3.8) is 0 Å². The number of rotatable bonds is 6. The van der Waals surface area contributed by atoms with Crippen molar-refractivity contribution in [2.45, 2.75) is 39.0 Å². The zero-order valence-electron chi connectivity index (χ0n) is 15.7. The van der Waals surface area contributed by atoms with Gasteiger partial charge in [-0.3, -0.25) is 4.79 Å². The van der Waals surface area contributed by atoms with Gasteiger partial charge in [0, 0.05) is 4.88 Å². The summed E-state index contributed by atoms with van der Waals surface area (Å²) in [6, 6.07) is 8.67. The van der Waals surface area contributed by atoms with E-state index in [-0.39, 0.29) is 12.5 Å². The number of hydrogen-bond donors (Lipinski definition) is 1. The molecule has 1 amide bonds. The Bertz CT molecular complexity index is 896. The summed E-state index contributed by atoms with van der Waals surface area (Å²) in [5.74, 6) is -0.235. The fraction of sp³-hybridized carbons (Fsp3) is 0.381. The van der Waals surface area contributed by atoms with Gasteiger partial charge < -0.3 is 14.8 Å². The molecule has 1 aromatic carbocycles. The first-order valence-electron chi connectivity index (χ1n) is 9.36. The van der Waals surface area contributed by atoms with Crippen LogP contribution in [0.2, 0.25) is 0 Å². The van der Waals surface area contributed by atoms with Crippen LogP contribution in [0.4, 0.5) is 5.00 Å². The Morgan fingerprint density at radius 3 is 2.64 bits per heavy atom. The molecule has 1 N–H and O–H groups in total. The average Bonchev–Trinajstić information content (AvgIpc) is 2.86. The summed E-state index contributed by atoms with van der Waals surface area (Å²) in [5.41, 5.74) is 2.11. The van der Waals surface area contributed by atoms with Crippen LogP contribution < -0.4 is 10.1 Å². The van der Waals surface area contributed by atoms with Gasteiger partial charge in [0.15, 0.2) is 6.61 Å². The highest BCUT2D eigenvalue weighted by Gasteiger charge is 2.21. The summed E-state index contributed by atoms with van der Waals surface area (Å²) < 4.78 is 10.4. The van der Waals surface area contributed by atoms with Crippen LogP contribution in [0.5, 0.6) is 5.75 Å². The molecule has 1 heterocycles. The van der Waals surface area contributed by atoms with Crippen molar-refractivity contribution in [2.75, 3.05) is 18.5 Å². The number of esters is 1. The third-order valence-electron chi connectivity index (χ3n) is 4.52. The molecule has 0 spiro atoms. The SMILES string of the molecule is CCOC(=O)c1ccc(OCC(=O)Nc2sc3c(c2C#N)CCCCC3)cc1. The van der Waals surface area contributed by atoms with Gasteiger partial charge in [0.25, 0.3) is 5.91 Å². The summed E-state index contributed by atoms with van der Waals surface area (Å²) in [7, 11) is 0. The maximum absolute atomic E-state index is 12.3. The molecular formula is C21H22N2O4S. The molecule has 0 saturated heterocycles. The van der Waals surface area contributed by atoms with Crippen LogP contribution in [0, 0.1) is 11.3 Å². The molecule has 0 radical (unpaired) electrons. The molecule has 0 aliphatic heterocycles. The van der Waals surface area contributed by atoms with Crippen LogP contribution in [0.15, 0.2) is 24.3 Å². The lowest BCUT2D eigenvalue weighted by Gasteiger charge is -2.08. The molecule has 3 rings (SSSR count). The van der Waals surface area contributed by atoms with Gasteiger partial charge in [-0.15, -0.1) is 11.3 Å². The topological polar surface area (TPSA) is 88.4 Å². The van der Waals surface area contributed by atoms with Gasteiger partial charge in [-0.2, -0.15) is 5.26 Å². The molecule has 1 aliphatic rings. The van der Waals surface area contributed by atoms with Gasteiger partial charge in [-0.25, -0.2) is 4.79 Å². The van der Waals surface area contributed by atoms with Gasteiger partial charge in [0.2, 0.25) is 0 Å². The number of thiophene rings is 1. The summed E-state index contributed by atoms with van der Waals surface area (Å²) in [4.78, 5) is 25.1. The first kappa shape index (κ1) is 19.9. The van der Waals surface area contributed by atoms with E-state index in [1.54, 1.807) is 31.2 Å². The number of carbonyl (C=O) groups excluding carboxylic acids is 2. The minimum absolute atomic E-state index is 0.174. The highest BCUT2D eigenvalue weighted by atomic mass is 32.1. The highest BCUT2D eigenvalue weighted by molar-refractivity contribution is 7.16. The molecule has 0 unspecified atom stereocenters. The highest BCUT2D eigenvalue weighted by Crippen LogP contribution is 2.36. The fourth-order valence-corrected chi connectivity index (χ4v) is 4.42. The van der Waals surface area contributed by atoms with Gasteiger partial charge >= 0.3 is 5.97 Å². The number of carbonyl (C=O) groups is 2. The lowest BCUT2D eigenvalue weighted by atomic mass is 10.1. The molecule has 0 fully saturated rings. The van der Waals surface area contributed by atoms with Gasteiger partial charge in [0.1, 0.15) is 16.8 Å². The van der Waals surface area contributed by atoms with E-state index < -0.39 is 5.97 Å². The van der Waals surface area contributed by atoms with E-state index in [0.29, 0.717) is 28.5 Å². The Labute approximate surface area is 168 Å². The number of nitriles is 1. The first-order chi connectivity index (χ1) is 13.6. The van der Waals surface area contributed by atoms with E-state index in [1.807, 2.05) is 0 Å². The van der Waals surface area contributed by atoms with Crippen molar-refractivity contribution < 1.29 is 19.1 Å². The molecule has 0 bridgehead atoms. The van der Waals surface area contributed by atoms with Gasteiger partial charge in [-0.05, 0) is 62.4 Å². The number of nitrogens with one attached hydrogen (secondary N) is 1. The van der Waals surface area contributed by atoms with E-state index in [1.165, 1.54) is 22.6 Å². The number of anilines is 1. The van der Waals surface area contributed by atoms with E-state index in [2.05, 4.69) is 11.4 Å². The number of aryl methyl sites for hydroxylation is 1. The molecule has 28 heavy (non-hydrogen) atoms. The minimum Gasteiger partial charge on any atom is -0.484 e. The molecule has 1 aliphatic carbocycles. The average molecular weight is 398 g/mol. The lowest BCUT2D eigenvalue weighted by molar-refractivity contribution is -0.118. The Morgan fingerprint density at radius 1 is 1.18 bits per heavy atom. The number of amides is 1. The van der Waals surface area contributed by atoms with Crippen LogP contribution in [0.1, 0.15) is 52.5 Å². The van der Waals surface area contributed by atoms with Crippen LogP contribution in [-0.4, -0.2) is 25.1 Å². The second-order valence-corrected chi connectivity index (χ2v) is 7.57. The van der Waals surface area contributed by atoms with Crippen molar-refractivity contribution in [3.8, 4) is 11.8 Å². The molecule has 1 aromatic heterocycles. The summed E-state index contributed by atoms with van der Waals surface area (Å²) >= 11 is 1.50. The number of hydrogen-bond acceptors (Lipinski definition) is 6. The second-order valence-electron chi connectivity index (χ2n) is 6.46. The third-order valence-corrected chi connectivity index (χ3v) is 5.73. The largest absolute Gasteiger partial charge is 0.484 e. The molecule has 0 saturated carbocycles. The Kier molecular flexibility index (Phi) is 6.66. The van der Waals surface area contributed by atoms with E-state index in [0.717, 1.165) is 31.2 Å². The lowest BCUT2D eigenvalue weighted by Crippen LogP contribution is -2.20. The van der Waals surface area contributed by atoms with Gasteiger partial charge in [0.05, 0.1) is 17.7 Å². The molecule has 0 atom stereocenters. The van der Waals surface area contributed by atoms with E-state index in [9.17, 15) is 14.9 Å². The smallest absolute Gasteiger partial charge is 0.338 e. The van der Waals surface area contributed by atoms with Crippen LogP contribution in [0.3, 0.4) is 0 Å². The molecular weight excluding hydrogens is 376 g/mol. The Hall–Kier alpha value is -2.85. The minimum atomic E-state index is -0.395.